The number of methoxy groups -OCH3 is 1. The average molecular weight is 480 g/mol. The van der Waals surface area contributed by atoms with Crippen LogP contribution < -0.4 is 9.46 Å². The minimum Gasteiger partial charge on any atom is -0.496 e. The summed E-state index contributed by atoms with van der Waals surface area (Å²) < 4.78 is 29.2. The Morgan fingerprint density at radius 2 is 1.84 bits per heavy atom. The predicted octanol–water partition coefficient (Wildman–Crippen LogP) is 5.69. The van der Waals surface area contributed by atoms with Crippen molar-refractivity contribution in [3.8, 4) is 16.9 Å². The Balaban J connectivity index is 2.17. The van der Waals surface area contributed by atoms with Crippen LogP contribution in [0.1, 0.15) is 60.1 Å². The van der Waals surface area contributed by atoms with Crippen LogP contribution in [0.5, 0.6) is 5.75 Å². The largest absolute Gasteiger partial charge is 0.496 e. The Bertz CT molecular complexity index is 929. The van der Waals surface area contributed by atoms with Crippen LogP contribution in [0.4, 0.5) is 0 Å². The highest BCUT2D eigenvalue weighted by molar-refractivity contribution is 7.84. The van der Waals surface area contributed by atoms with Gasteiger partial charge in [-0.15, -0.1) is 0 Å². The molecule has 1 aromatic carbocycles. The third-order valence-corrected chi connectivity index (χ3v) is 12.3. The number of ether oxygens (including phenoxy) is 1. The first-order valence-corrected chi connectivity index (χ1v) is 15.2. The second kappa shape index (κ2) is 10.2. The number of nitrogens with one attached hydrogen (secondary N) is 1. The molecule has 0 aliphatic carbocycles. The van der Waals surface area contributed by atoms with Gasteiger partial charge in [-0.05, 0) is 63.5 Å². The van der Waals surface area contributed by atoms with Crippen LogP contribution in [0.25, 0.3) is 11.1 Å². The molecule has 0 bridgehead atoms. The predicted molar refractivity (Wildman–Crippen MR) is 137 cm³/mol. The summed E-state index contributed by atoms with van der Waals surface area (Å²) >= 11 is 0. The van der Waals surface area contributed by atoms with Crippen molar-refractivity contribution in [3.05, 3.63) is 36.2 Å². The molecule has 0 aliphatic rings. The topological polar surface area (TPSA) is 65.4 Å². The van der Waals surface area contributed by atoms with Crippen LogP contribution in [-0.4, -0.2) is 40.8 Å². The minimum absolute atomic E-state index is 0.0623. The molecule has 32 heavy (non-hydrogen) atoms. The zero-order valence-electron chi connectivity index (χ0n) is 21.4. The molecule has 0 amide bonds. The fraction of sp³-hybridized carbons (Fsp3) is 0.625. The number of aromatic nitrogens is 2. The Kier molecular flexibility index (Phi) is 8.53. The maximum absolute atomic E-state index is 12.5. The van der Waals surface area contributed by atoms with Crippen LogP contribution in [0.15, 0.2) is 30.6 Å². The van der Waals surface area contributed by atoms with E-state index >= 15 is 0 Å². The van der Waals surface area contributed by atoms with Crippen molar-refractivity contribution in [2.75, 3.05) is 13.7 Å². The maximum atomic E-state index is 12.5. The van der Waals surface area contributed by atoms with Gasteiger partial charge in [0.15, 0.2) is 8.32 Å². The van der Waals surface area contributed by atoms with Crippen LogP contribution in [0.2, 0.25) is 18.1 Å². The Labute approximate surface area is 197 Å². The number of hydrogen-bond donors (Lipinski definition) is 1. The minimum atomic E-state index is -1.77. The highest BCUT2D eigenvalue weighted by Gasteiger charge is 2.36. The normalized spacial score (nSPS) is 14.9. The number of nitrogens with zero attached hydrogens (tertiary/aromatic N) is 2. The summed E-state index contributed by atoms with van der Waals surface area (Å²) in [5, 5.41) is 4.73. The SMILES string of the molecule is COc1ccc([C@@H](C)NS(=O)C(C)(C)C)cc1-c1cnn(CCO[Si](C)(C)C(C)(C)C)c1. The Morgan fingerprint density at radius 1 is 1.19 bits per heavy atom. The van der Waals surface area contributed by atoms with E-state index in [4.69, 9.17) is 9.16 Å². The van der Waals surface area contributed by atoms with Gasteiger partial charge in [-0.25, -0.2) is 8.93 Å². The molecular weight excluding hydrogens is 438 g/mol. The molecule has 180 valence electrons. The Morgan fingerprint density at radius 3 is 2.41 bits per heavy atom. The summed E-state index contributed by atoms with van der Waals surface area (Å²) in [4.78, 5) is 0. The summed E-state index contributed by atoms with van der Waals surface area (Å²) in [6.45, 7) is 20.5. The van der Waals surface area contributed by atoms with E-state index in [0.29, 0.717) is 13.2 Å². The standard InChI is InChI=1S/C24H41N3O3SSi/c1-18(26-31(28)23(2,3)4)19-11-12-22(29-8)21(15-19)20-16-25-27(17-20)13-14-30-32(9,10)24(5,6)7/h11-12,15-18,26H,13-14H2,1-10H3/t18-,31?/m1/s1. The third-order valence-electron chi connectivity index (χ3n) is 6.10. The highest BCUT2D eigenvalue weighted by Crippen LogP contribution is 2.36. The second-order valence-electron chi connectivity index (χ2n) is 10.8. The van der Waals surface area contributed by atoms with Gasteiger partial charge < -0.3 is 9.16 Å². The van der Waals surface area contributed by atoms with Crippen molar-refractivity contribution >= 4 is 19.3 Å². The highest BCUT2D eigenvalue weighted by atomic mass is 32.2. The van der Waals surface area contributed by atoms with E-state index in [1.807, 2.05) is 56.9 Å². The third kappa shape index (κ3) is 6.76. The van der Waals surface area contributed by atoms with Gasteiger partial charge in [0.25, 0.3) is 0 Å². The first kappa shape index (κ1) is 26.8. The van der Waals surface area contributed by atoms with Gasteiger partial charge in [0.05, 0.1) is 42.2 Å². The molecule has 1 unspecified atom stereocenters. The van der Waals surface area contributed by atoms with Gasteiger partial charge in [0, 0.05) is 23.4 Å². The maximum Gasteiger partial charge on any atom is 0.192 e. The summed E-state index contributed by atoms with van der Waals surface area (Å²) in [6, 6.07) is 6.00. The molecule has 0 radical (unpaired) electrons. The van der Waals surface area contributed by atoms with Crippen molar-refractivity contribution in [1.29, 1.82) is 0 Å². The van der Waals surface area contributed by atoms with Crippen molar-refractivity contribution in [3.63, 3.8) is 0 Å². The quantitative estimate of drug-likeness (QED) is 0.469. The molecule has 0 aliphatic heterocycles. The van der Waals surface area contributed by atoms with E-state index in [1.54, 1.807) is 7.11 Å². The van der Waals surface area contributed by atoms with Crippen molar-refractivity contribution < 1.29 is 13.4 Å². The number of benzene rings is 1. The molecule has 6 nitrogen and oxygen atoms in total. The molecule has 1 heterocycles. The van der Waals surface area contributed by atoms with Gasteiger partial charge in [-0.2, -0.15) is 5.10 Å². The van der Waals surface area contributed by atoms with E-state index in [0.717, 1.165) is 22.4 Å². The van der Waals surface area contributed by atoms with Gasteiger partial charge in [0.1, 0.15) is 5.75 Å². The molecule has 2 atom stereocenters. The molecule has 0 spiro atoms. The van der Waals surface area contributed by atoms with Crippen LogP contribution in [0, 0.1) is 0 Å². The van der Waals surface area contributed by atoms with E-state index < -0.39 is 19.3 Å². The summed E-state index contributed by atoms with van der Waals surface area (Å²) in [7, 11) is -1.25. The molecule has 2 aromatic rings. The van der Waals surface area contributed by atoms with Gasteiger partial charge in [-0.1, -0.05) is 26.8 Å². The lowest BCUT2D eigenvalue weighted by Gasteiger charge is -2.36. The number of rotatable bonds is 9. The van der Waals surface area contributed by atoms with E-state index in [9.17, 15) is 4.21 Å². The zero-order chi connectivity index (χ0) is 24.3. The number of hydrogen-bond acceptors (Lipinski definition) is 4. The Hall–Kier alpha value is -1.48. The molecule has 2 rings (SSSR count). The van der Waals surface area contributed by atoms with E-state index in [-0.39, 0.29) is 15.8 Å². The zero-order valence-corrected chi connectivity index (χ0v) is 23.2. The summed E-state index contributed by atoms with van der Waals surface area (Å²) in [6.07, 6.45) is 3.89. The molecule has 8 heteroatoms. The molecule has 0 fully saturated rings. The molecule has 0 saturated carbocycles. The second-order valence-corrected chi connectivity index (χ2v) is 17.6. The monoisotopic (exact) mass is 479 g/mol. The van der Waals surface area contributed by atoms with Crippen LogP contribution in [0.3, 0.4) is 0 Å². The van der Waals surface area contributed by atoms with Gasteiger partial charge in [0.2, 0.25) is 0 Å². The van der Waals surface area contributed by atoms with Crippen molar-refractivity contribution in [2.24, 2.45) is 0 Å². The molecule has 1 aromatic heterocycles. The van der Waals surface area contributed by atoms with Crippen LogP contribution >= 0.6 is 0 Å². The lowest BCUT2D eigenvalue weighted by Crippen LogP contribution is -2.41. The van der Waals surface area contributed by atoms with E-state index in [1.165, 1.54) is 0 Å². The lowest BCUT2D eigenvalue weighted by atomic mass is 10.0. The average Bonchev–Trinajstić information content (AvgIpc) is 3.14. The fourth-order valence-electron chi connectivity index (χ4n) is 2.86. The molecule has 0 saturated heterocycles. The van der Waals surface area contributed by atoms with Gasteiger partial charge in [-0.3, -0.25) is 4.68 Å². The van der Waals surface area contributed by atoms with Crippen LogP contribution in [-0.2, 0) is 22.0 Å². The first-order chi connectivity index (χ1) is 14.7. The molecular formula is C24H41N3O3SSi. The fourth-order valence-corrected chi connectivity index (χ4v) is 4.71. The summed E-state index contributed by atoms with van der Waals surface area (Å²) in [5.74, 6) is 0.787. The lowest BCUT2D eigenvalue weighted by molar-refractivity contribution is 0.266. The molecule has 1 N–H and O–H groups in total. The van der Waals surface area contributed by atoms with Crippen molar-refractivity contribution in [1.82, 2.24) is 14.5 Å². The first-order valence-electron chi connectivity index (χ1n) is 11.2. The van der Waals surface area contributed by atoms with E-state index in [2.05, 4.69) is 49.8 Å². The van der Waals surface area contributed by atoms with Gasteiger partial charge >= 0.3 is 0 Å². The smallest absolute Gasteiger partial charge is 0.192 e. The summed E-state index contributed by atoms with van der Waals surface area (Å²) in [5.41, 5.74) is 3.00. The van der Waals surface area contributed by atoms with Crippen molar-refractivity contribution in [2.45, 2.75) is 83.9 Å².